The van der Waals surface area contributed by atoms with E-state index in [4.69, 9.17) is 5.73 Å². The molecule has 0 saturated heterocycles. The summed E-state index contributed by atoms with van der Waals surface area (Å²) < 4.78 is 0. The molecule has 0 unspecified atom stereocenters. The Bertz CT molecular complexity index is 148. The first-order valence-electron chi connectivity index (χ1n) is 4.47. The highest BCUT2D eigenvalue weighted by molar-refractivity contribution is 5.80. The van der Waals surface area contributed by atoms with Crippen LogP contribution in [0.3, 0.4) is 0 Å². The number of carbonyl (C=O) groups is 1. The number of rotatable bonds is 2. The number of nitrogens with one attached hydrogen (secondary N) is 1. The molecule has 0 aliphatic heterocycles. The Morgan fingerprint density at radius 1 is 1.36 bits per heavy atom. The minimum absolute atomic E-state index is 0.252. The number of hydrogen-bond donors (Lipinski definition) is 0. The SMILES string of the molecule is CCC1(C([NH])=O)CCCCC1. The molecule has 1 radical (unpaired) electrons. The molecule has 1 N–H and O–H groups in total. The fourth-order valence-corrected chi connectivity index (χ4v) is 1.97. The third-order valence-corrected chi connectivity index (χ3v) is 2.97. The molecule has 0 atom stereocenters. The lowest BCUT2D eigenvalue weighted by molar-refractivity contribution is -0.130. The van der Waals surface area contributed by atoms with Crippen molar-refractivity contribution in [3.05, 3.63) is 0 Å². The maximum Gasteiger partial charge on any atom is 0.244 e. The summed E-state index contributed by atoms with van der Waals surface area (Å²) in [6.45, 7) is 2.03. The number of hydrogen-bond acceptors (Lipinski definition) is 1. The van der Waals surface area contributed by atoms with Gasteiger partial charge in [0, 0.05) is 0 Å². The van der Waals surface area contributed by atoms with Gasteiger partial charge in [0.15, 0.2) is 0 Å². The fraction of sp³-hybridized carbons (Fsp3) is 0.889. The summed E-state index contributed by atoms with van der Waals surface area (Å²) in [7, 11) is 0. The summed E-state index contributed by atoms with van der Waals surface area (Å²) in [6, 6.07) is 0. The van der Waals surface area contributed by atoms with Crippen LogP contribution in [0.1, 0.15) is 45.4 Å². The van der Waals surface area contributed by atoms with Gasteiger partial charge in [-0.2, -0.15) is 0 Å². The van der Waals surface area contributed by atoms with Gasteiger partial charge in [-0.25, -0.2) is 0 Å². The largest absolute Gasteiger partial charge is 0.273 e. The average Bonchev–Trinajstić information content (AvgIpc) is 2.05. The van der Waals surface area contributed by atoms with Gasteiger partial charge in [0.2, 0.25) is 5.91 Å². The molecule has 0 aromatic carbocycles. The van der Waals surface area contributed by atoms with E-state index in [2.05, 4.69) is 0 Å². The molecule has 63 valence electrons. The van der Waals surface area contributed by atoms with Crippen molar-refractivity contribution in [3.8, 4) is 0 Å². The van der Waals surface area contributed by atoms with Crippen LogP contribution in [0.4, 0.5) is 0 Å². The van der Waals surface area contributed by atoms with Gasteiger partial charge in [0.25, 0.3) is 0 Å². The molecule has 0 aromatic heterocycles. The molecule has 2 nitrogen and oxygen atoms in total. The highest BCUT2D eigenvalue weighted by Crippen LogP contribution is 2.38. The van der Waals surface area contributed by atoms with Crippen LogP contribution in [0.25, 0.3) is 0 Å². The molecule has 1 saturated carbocycles. The molecule has 1 aliphatic carbocycles. The highest BCUT2D eigenvalue weighted by Gasteiger charge is 2.36. The summed E-state index contributed by atoms with van der Waals surface area (Å²) in [6.07, 6.45) is 6.28. The second-order valence-electron chi connectivity index (χ2n) is 3.52. The van der Waals surface area contributed by atoms with E-state index in [1.165, 1.54) is 6.42 Å². The normalized spacial score (nSPS) is 23.0. The van der Waals surface area contributed by atoms with E-state index in [0.29, 0.717) is 0 Å². The van der Waals surface area contributed by atoms with Crippen molar-refractivity contribution in [2.24, 2.45) is 5.41 Å². The molecule has 0 aromatic rings. The standard InChI is InChI=1S/C9H16NO/c1-2-9(8(10)11)6-4-3-5-7-9/h10H,2-7H2,1H3. The van der Waals surface area contributed by atoms with Gasteiger partial charge in [-0.05, 0) is 19.3 Å². The van der Waals surface area contributed by atoms with Crippen molar-refractivity contribution in [2.45, 2.75) is 45.4 Å². The van der Waals surface area contributed by atoms with Gasteiger partial charge < -0.3 is 0 Å². The molecule has 2 heteroatoms. The highest BCUT2D eigenvalue weighted by atomic mass is 16.1. The second kappa shape index (κ2) is 3.24. The van der Waals surface area contributed by atoms with Crippen molar-refractivity contribution in [3.63, 3.8) is 0 Å². The lowest BCUT2D eigenvalue weighted by atomic mass is 9.72. The van der Waals surface area contributed by atoms with E-state index in [1.807, 2.05) is 6.92 Å². The van der Waals surface area contributed by atoms with Crippen LogP contribution in [0.2, 0.25) is 0 Å². The summed E-state index contributed by atoms with van der Waals surface area (Å²) in [5, 5.41) is 0. The van der Waals surface area contributed by atoms with Gasteiger partial charge in [-0.1, -0.05) is 26.2 Å². The Labute approximate surface area is 68.2 Å². The molecular weight excluding hydrogens is 138 g/mol. The molecular formula is C9H16NO. The number of amides is 1. The first-order valence-corrected chi connectivity index (χ1v) is 4.47. The number of carbonyl (C=O) groups excluding carboxylic acids is 1. The minimum atomic E-state index is -0.334. The summed E-state index contributed by atoms with van der Waals surface area (Å²) in [4.78, 5) is 11.0. The zero-order valence-corrected chi connectivity index (χ0v) is 7.15. The van der Waals surface area contributed by atoms with E-state index >= 15 is 0 Å². The van der Waals surface area contributed by atoms with E-state index < -0.39 is 0 Å². The third kappa shape index (κ3) is 1.55. The van der Waals surface area contributed by atoms with Crippen molar-refractivity contribution in [1.29, 1.82) is 0 Å². The van der Waals surface area contributed by atoms with Crippen LogP contribution in [0.5, 0.6) is 0 Å². The maximum absolute atomic E-state index is 11.0. The minimum Gasteiger partial charge on any atom is -0.273 e. The predicted molar refractivity (Wildman–Crippen MR) is 43.9 cm³/mol. The topological polar surface area (TPSA) is 40.9 Å². The quantitative estimate of drug-likeness (QED) is 0.600. The molecule has 1 rings (SSSR count). The maximum atomic E-state index is 11.0. The van der Waals surface area contributed by atoms with Crippen LogP contribution in [0.15, 0.2) is 0 Å². The van der Waals surface area contributed by atoms with Crippen LogP contribution in [-0.4, -0.2) is 5.91 Å². The van der Waals surface area contributed by atoms with Crippen molar-refractivity contribution >= 4 is 5.91 Å². The van der Waals surface area contributed by atoms with Crippen molar-refractivity contribution in [2.75, 3.05) is 0 Å². The molecule has 0 bridgehead atoms. The first kappa shape index (κ1) is 8.57. The molecule has 1 fully saturated rings. The lowest BCUT2D eigenvalue weighted by Crippen LogP contribution is -2.33. The Morgan fingerprint density at radius 3 is 2.18 bits per heavy atom. The molecule has 1 aliphatic rings. The lowest BCUT2D eigenvalue weighted by Gasteiger charge is -2.32. The Balaban J connectivity index is 2.64. The Hall–Kier alpha value is -0.530. The Morgan fingerprint density at radius 2 is 1.91 bits per heavy atom. The Kier molecular flexibility index (Phi) is 2.53. The molecule has 0 spiro atoms. The summed E-state index contributed by atoms with van der Waals surface area (Å²) in [5.41, 5.74) is 6.93. The van der Waals surface area contributed by atoms with E-state index in [-0.39, 0.29) is 11.3 Å². The van der Waals surface area contributed by atoms with Crippen molar-refractivity contribution in [1.82, 2.24) is 5.73 Å². The fourth-order valence-electron chi connectivity index (χ4n) is 1.97. The molecule has 1 amide bonds. The summed E-state index contributed by atoms with van der Waals surface area (Å²) in [5.74, 6) is -0.334. The molecule has 0 heterocycles. The van der Waals surface area contributed by atoms with Crippen molar-refractivity contribution < 1.29 is 4.79 Å². The average molecular weight is 154 g/mol. The van der Waals surface area contributed by atoms with Crippen LogP contribution < -0.4 is 5.73 Å². The second-order valence-corrected chi connectivity index (χ2v) is 3.52. The van der Waals surface area contributed by atoms with Gasteiger partial charge in [-0.3, -0.25) is 10.5 Å². The van der Waals surface area contributed by atoms with Gasteiger partial charge >= 0.3 is 0 Å². The smallest absolute Gasteiger partial charge is 0.244 e. The van der Waals surface area contributed by atoms with Crippen LogP contribution in [-0.2, 0) is 4.79 Å². The monoisotopic (exact) mass is 154 g/mol. The van der Waals surface area contributed by atoms with Crippen LogP contribution in [0, 0.1) is 5.41 Å². The zero-order valence-electron chi connectivity index (χ0n) is 7.15. The van der Waals surface area contributed by atoms with Crippen LogP contribution >= 0.6 is 0 Å². The summed E-state index contributed by atoms with van der Waals surface area (Å²) >= 11 is 0. The predicted octanol–water partition coefficient (Wildman–Crippen LogP) is 2.16. The van der Waals surface area contributed by atoms with Gasteiger partial charge in [0.05, 0.1) is 5.41 Å². The van der Waals surface area contributed by atoms with E-state index in [0.717, 1.165) is 32.1 Å². The first-order chi connectivity index (χ1) is 5.21. The third-order valence-electron chi connectivity index (χ3n) is 2.97. The van der Waals surface area contributed by atoms with Gasteiger partial charge in [0.1, 0.15) is 0 Å². The van der Waals surface area contributed by atoms with Gasteiger partial charge in [-0.15, -0.1) is 0 Å². The zero-order chi connectivity index (χ0) is 8.32. The molecule has 11 heavy (non-hydrogen) atoms. The van der Waals surface area contributed by atoms with E-state index in [1.54, 1.807) is 0 Å². The van der Waals surface area contributed by atoms with E-state index in [9.17, 15) is 4.79 Å².